The molecule has 0 unspecified atom stereocenters. The summed E-state index contributed by atoms with van der Waals surface area (Å²) in [5.41, 5.74) is 5.35. The van der Waals surface area contributed by atoms with Crippen molar-refractivity contribution in [3.05, 3.63) is 11.2 Å². The molecule has 0 fully saturated rings. The van der Waals surface area contributed by atoms with Crippen LogP contribution in [-0.2, 0) is 9.78 Å². The highest BCUT2D eigenvalue weighted by atomic mass is 35.5. The Morgan fingerprint density at radius 1 is 1.43 bits per heavy atom. The molecule has 0 aromatic carbocycles. The van der Waals surface area contributed by atoms with Gasteiger partial charge in [0.25, 0.3) is 0 Å². The third kappa shape index (κ3) is 3.73. The van der Waals surface area contributed by atoms with Crippen LogP contribution in [0.2, 0.25) is 5.15 Å². The summed E-state index contributed by atoms with van der Waals surface area (Å²) in [6, 6.07) is 1.46. The summed E-state index contributed by atoms with van der Waals surface area (Å²) in [6.07, 6.45) is 0. The van der Waals surface area contributed by atoms with Gasteiger partial charge in [-0.3, -0.25) is 0 Å². The molecule has 1 heterocycles. The quantitative estimate of drug-likeness (QED) is 0.339. The topological polar surface area (TPSA) is 79.5 Å². The van der Waals surface area contributed by atoms with Gasteiger partial charge in [0, 0.05) is 6.07 Å². The molecular formula is C7H10ClN3O3. The molecule has 0 bridgehead atoms. The lowest BCUT2D eigenvalue weighted by Crippen LogP contribution is -2.08. The summed E-state index contributed by atoms with van der Waals surface area (Å²) in [5, 5.41) is 0.236. The second-order valence-electron chi connectivity index (χ2n) is 2.22. The first kappa shape index (κ1) is 11.0. The monoisotopic (exact) mass is 219 g/mol. The summed E-state index contributed by atoms with van der Waals surface area (Å²) >= 11 is 5.62. The Labute approximate surface area is 85.9 Å². The van der Waals surface area contributed by atoms with Gasteiger partial charge in [-0.2, -0.15) is 4.98 Å². The van der Waals surface area contributed by atoms with E-state index in [4.69, 9.17) is 22.1 Å². The van der Waals surface area contributed by atoms with Gasteiger partial charge in [0.2, 0.25) is 11.8 Å². The first-order chi connectivity index (χ1) is 6.72. The molecule has 2 N–H and O–H groups in total. The molecule has 14 heavy (non-hydrogen) atoms. The number of aromatic nitrogens is 2. The van der Waals surface area contributed by atoms with Crippen LogP contribution in [0.25, 0.3) is 0 Å². The molecule has 1 rings (SSSR count). The van der Waals surface area contributed by atoms with Gasteiger partial charge >= 0.3 is 0 Å². The molecule has 0 atom stereocenters. The van der Waals surface area contributed by atoms with E-state index in [0.29, 0.717) is 12.5 Å². The van der Waals surface area contributed by atoms with Crippen molar-refractivity contribution < 1.29 is 14.5 Å². The molecule has 1 aromatic heterocycles. The Morgan fingerprint density at radius 3 is 2.86 bits per heavy atom. The summed E-state index contributed by atoms with van der Waals surface area (Å²) < 4.78 is 5.15. The maximum atomic E-state index is 5.62. The zero-order valence-corrected chi connectivity index (χ0v) is 8.32. The normalized spacial score (nSPS) is 10.1. The Balaban J connectivity index is 2.42. The molecule has 7 heteroatoms. The molecule has 0 aliphatic carbocycles. The van der Waals surface area contributed by atoms with Crippen molar-refractivity contribution >= 4 is 17.5 Å². The van der Waals surface area contributed by atoms with Crippen LogP contribution in [0, 0.1) is 0 Å². The average molecular weight is 220 g/mol. The Kier molecular flexibility index (Phi) is 4.37. The Bertz CT molecular complexity index is 277. The number of nitrogen functional groups attached to an aromatic ring is 1. The predicted molar refractivity (Wildman–Crippen MR) is 49.9 cm³/mol. The van der Waals surface area contributed by atoms with E-state index in [2.05, 4.69) is 19.7 Å². The third-order valence-electron chi connectivity index (χ3n) is 1.22. The van der Waals surface area contributed by atoms with E-state index in [1.54, 1.807) is 0 Å². The van der Waals surface area contributed by atoms with Crippen LogP contribution >= 0.6 is 11.6 Å². The van der Waals surface area contributed by atoms with Gasteiger partial charge in [-0.15, -0.1) is 0 Å². The number of nitrogens with two attached hydrogens (primary N) is 1. The fourth-order valence-corrected chi connectivity index (χ4v) is 0.931. The van der Waals surface area contributed by atoms with Gasteiger partial charge < -0.3 is 10.5 Å². The first-order valence-electron chi connectivity index (χ1n) is 3.81. The minimum Gasteiger partial charge on any atom is -0.475 e. The number of halogens is 1. The smallest absolute Gasteiger partial charge is 0.224 e. The average Bonchev–Trinajstić information content (AvgIpc) is 2.11. The highest BCUT2D eigenvalue weighted by molar-refractivity contribution is 6.29. The van der Waals surface area contributed by atoms with E-state index in [9.17, 15) is 0 Å². The van der Waals surface area contributed by atoms with Crippen molar-refractivity contribution in [1.82, 2.24) is 9.97 Å². The standard InChI is InChI=1S/C7H10ClN3O3/c1-12-14-3-2-13-6-4-5(8)10-7(9)11-6/h4H,2-3H2,1H3,(H2,9,10,11). The molecule has 0 radical (unpaired) electrons. The highest BCUT2D eigenvalue weighted by Crippen LogP contribution is 2.14. The van der Waals surface area contributed by atoms with E-state index in [1.165, 1.54) is 13.2 Å². The van der Waals surface area contributed by atoms with Gasteiger partial charge in [-0.05, 0) is 0 Å². The number of hydrogen-bond donors (Lipinski definition) is 1. The van der Waals surface area contributed by atoms with Crippen molar-refractivity contribution in [2.24, 2.45) is 0 Å². The van der Waals surface area contributed by atoms with Crippen molar-refractivity contribution in [2.45, 2.75) is 0 Å². The summed E-state index contributed by atoms with van der Waals surface area (Å²) in [4.78, 5) is 16.4. The lowest BCUT2D eigenvalue weighted by Gasteiger charge is -2.04. The highest BCUT2D eigenvalue weighted by Gasteiger charge is 2.00. The summed E-state index contributed by atoms with van der Waals surface area (Å²) in [5.74, 6) is 0.377. The molecule has 0 saturated carbocycles. The van der Waals surface area contributed by atoms with Gasteiger partial charge in [-0.1, -0.05) is 11.6 Å². The number of ether oxygens (including phenoxy) is 1. The van der Waals surface area contributed by atoms with Crippen LogP contribution in [0.15, 0.2) is 6.07 Å². The van der Waals surface area contributed by atoms with Crippen molar-refractivity contribution in [3.8, 4) is 5.88 Å². The van der Waals surface area contributed by atoms with Crippen LogP contribution in [0.1, 0.15) is 0 Å². The Hall–Kier alpha value is -1.11. The molecule has 0 amide bonds. The predicted octanol–water partition coefficient (Wildman–Crippen LogP) is 0.669. The second kappa shape index (κ2) is 5.58. The molecular weight excluding hydrogens is 210 g/mol. The van der Waals surface area contributed by atoms with Crippen LogP contribution in [0.5, 0.6) is 5.88 Å². The lowest BCUT2D eigenvalue weighted by atomic mass is 10.6. The zero-order chi connectivity index (χ0) is 10.4. The second-order valence-corrected chi connectivity index (χ2v) is 2.61. The fourth-order valence-electron chi connectivity index (χ4n) is 0.751. The maximum absolute atomic E-state index is 5.62. The van der Waals surface area contributed by atoms with E-state index in [0.717, 1.165) is 0 Å². The van der Waals surface area contributed by atoms with Gasteiger partial charge in [0.15, 0.2) is 0 Å². The Morgan fingerprint density at radius 2 is 2.21 bits per heavy atom. The van der Waals surface area contributed by atoms with Gasteiger partial charge in [0.05, 0.1) is 7.11 Å². The third-order valence-corrected chi connectivity index (χ3v) is 1.42. The van der Waals surface area contributed by atoms with Gasteiger partial charge in [-0.25, -0.2) is 14.8 Å². The number of anilines is 1. The van der Waals surface area contributed by atoms with Crippen LogP contribution < -0.4 is 10.5 Å². The van der Waals surface area contributed by atoms with Crippen molar-refractivity contribution in [1.29, 1.82) is 0 Å². The maximum Gasteiger partial charge on any atom is 0.224 e. The van der Waals surface area contributed by atoms with E-state index in [1.807, 2.05) is 0 Å². The van der Waals surface area contributed by atoms with Crippen LogP contribution in [-0.4, -0.2) is 30.3 Å². The van der Waals surface area contributed by atoms with Crippen LogP contribution in [0.4, 0.5) is 5.95 Å². The SMILES string of the molecule is COOCCOc1cc(Cl)nc(N)n1. The van der Waals surface area contributed by atoms with Crippen LogP contribution in [0.3, 0.4) is 0 Å². The first-order valence-corrected chi connectivity index (χ1v) is 4.18. The molecule has 78 valence electrons. The largest absolute Gasteiger partial charge is 0.475 e. The molecule has 1 aromatic rings. The van der Waals surface area contributed by atoms with E-state index < -0.39 is 0 Å². The van der Waals surface area contributed by atoms with Gasteiger partial charge in [0.1, 0.15) is 18.4 Å². The molecule has 0 aliphatic heterocycles. The van der Waals surface area contributed by atoms with Crippen molar-refractivity contribution in [2.75, 3.05) is 26.1 Å². The van der Waals surface area contributed by atoms with Crippen molar-refractivity contribution in [3.63, 3.8) is 0 Å². The number of nitrogens with zero attached hydrogens (tertiary/aromatic N) is 2. The molecule has 0 spiro atoms. The minimum atomic E-state index is 0.0696. The summed E-state index contributed by atoms with van der Waals surface area (Å²) in [6.45, 7) is 0.582. The van der Waals surface area contributed by atoms with E-state index in [-0.39, 0.29) is 17.7 Å². The zero-order valence-electron chi connectivity index (χ0n) is 7.57. The summed E-state index contributed by atoms with van der Waals surface area (Å²) in [7, 11) is 1.42. The minimum absolute atomic E-state index is 0.0696. The molecule has 0 aliphatic rings. The number of hydrogen-bond acceptors (Lipinski definition) is 6. The number of rotatable bonds is 5. The fraction of sp³-hybridized carbons (Fsp3) is 0.429. The van der Waals surface area contributed by atoms with E-state index >= 15 is 0 Å². The lowest BCUT2D eigenvalue weighted by molar-refractivity contribution is -0.275. The molecule has 6 nitrogen and oxygen atoms in total. The molecule has 0 saturated heterocycles.